The van der Waals surface area contributed by atoms with Gasteiger partial charge in [0, 0.05) is 6.42 Å². The predicted molar refractivity (Wildman–Crippen MR) is 103 cm³/mol. The van der Waals surface area contributed by atoms with Crippen LogP contribution in [0.4, 0.5) is 22.0 Å². The SMILES string of the molecule is C[C@@](O)(c1ccc(Cc2nc(-c3c(F)cccc3F)nc3c2C(=O)NC3)cc1)C(F)(F)F. The van der Waals surface area contributed by atoms with Gasteiger partial charge in [0.1, 0.15) is 11.6 Å². The van der Waals surface area contributed by atoms with Gasteiger partial charge < -0.3 is 10.4 Å². The first kappa shape index (κ1) is 21.8. The molecule has 5 nitrogen and oxygen atoms in total. The normalized spacial score (nSPS) is 15.3. The number of amides is 1. The number of hydrogen-bond donors (Lipinski definition) is 2. The zero-order chi connectivity index (χ0) is 23.3. The molecule has 2 N–H and O–H groups in total. The summed E-state index contributed by atoms with van der Waals surface area (Å²) < 4.78 is 67.7. The van der Waals surface area contributed by atoms with Crippen LogP contribution in [-0.2, 0) is 18.6 Å². The Kier molecular flexibility index (Phi) is 5.20. The average Bonchev–Trinajstić information content (AvgIpc) is 3.08. The molecule has 1 aliphatic rings. The standard InChI is InChI=1S/C22H16F5N3O2/c1-21(32,22(25,26)27)12-7-5-11(6-8-12)9-15-18-16(10-28-20(18)31)30-19(29-15)17-13(23)3-2-4-14(17)24/h2-8,32H,9-10H2,1H3,(H,28,31)/t21-/m1/s1. The zero-order valence-electron chi connectivity index (χ0n) is 16.6. The molecule has 2 aromatic carbocycles. The molecule has 1 amide bonds. The second kappa shape index (κ2) is 7.63. The van der Waals surface area contributed by atoms with Crippen molar-refractivity contribution >= 4 is 5.91 Å². The summed E-state index contributed by atoms with van der Waals surface area (Å²) in [5.74, 6) is -2.42. The summed E-state index contributed by atoms with van der Waals surface area (Å²) in [5.41, 5.74) is -2.73. The number of carbonyl (C=O) groups excluding carboxylic acids is 1. The number of alkyl halides is 3. The number of rotatable bonds is 4. The Bertz CT molecular complexity index is 1190. The van der Waals surface area contributed by atoms with Crippen molar-refractivity contribution in [3.05, 3.63) is 82.2 Å². The van der Waals surface area contributed by atoms with Crippen LogP contribution in [0.1, 0.15) is 39.8 Å². The number of nitrogens with one attached hydrogen (secondary N) is 1. The average molecular weight is 449 g/mol. The topological polar surface area (TPSA) is 75.1 Å². The van der Waals surface area contributed by atoms with Gasteiger partial charge in [0.05, 0.1) is 29.1 Å². The van der Waals surface area contributed by atoms with Crippen molar-refractivity contribution in [3.8, 4) is 11.4 Å². The van der Waals surface area contributed by atoms with Crippen molar-refractivity contribution in [2.24, 2.45) is 0 Å². The molecule has 0 bridgehead atoms. The summed E-state index contributed by atoms with van der Waals surface area (Å²) in [4.78, 5) is 20.6. The highest BCUT2D eigenvalue weighted by molar-refractivity contribution is 5.99. The highest BCUT2D eigenvalue weighted by Crippen LogP contribution is 2.38. The number of benzene rings is 2. The smallest absolute Gasteiger partial charge is 0.376 e. The number of aliphatic hydroxyl groups is 1. The molecule has 1 aliphatic heterocycles. The minimum Gasteiger partial charge on any atom is -0.376 e. The molecule has 0 aliphatic carbocycles. The molecule has 166 valence electrons. The largest absolute Gasteiger partial charge is 0.421 e. The second-order valence-corrected chi connectivity index (χ2v) is 7.54. The molecule has 10 heteroatoms. The lowest BCUT2D eigenvalue weighted by Crippen LogP contribution is -2.39. The molecule has 2 heterocycles. The molecule has 0 saturated carbocycles. The first-order valence-electron chi connectivity index (χ1n) is 9.50. The maximum atomic E-state index is 14.3. The van der Waals surface area contributed by atoms with Crippen LogP contribution in [-0.4, -0.2) is 27.2 Å². The molecule has 1 atom stereocenters. The van der Waals surface area contributed by atoms with Gasteiger partial charge in [-0.05, 0) is 30.2 Å². The Labute approximate surface area is 179 Å². The molecule has 0 saturated heterocycles. The molecule has 0 fully saturated rings. The minimum atomic E-state index is -4.86. The van der Waals surface area contributed by atoms with E-state index in [1.165, 1.54) is 18.2 Å². The Balaban J connectivity index is 1.74. The first-order valence-corrected chi connectivity index (χ1v) is 9.50. The summed E-state index contributed by atoms with van der Waals surface area (Å²) in [5, 5.41) is 12.4. The lowest BCUT2D eigenvalue weighted by atomic mass is 9.93. The lowest BCUT2D eigenvalue weighted by Gasteiger charge is -2.26. The third-order valence-electron chi connectivity index (χ3n) is 5.33. The van der Waals surface area contributed by atoms with Crippen LogP contribution >= 0.6 is 0 Å². The number of nitrogens with zero attached hydrogens (tertiary/aromatic N) is 2. The molecular weight excluding hydrogens is 433 g/mol. The number of hydrogen-bond acceptors (Lipinski definition) is 4. The summed E-state index contributed by atoms with van der Waals surface area (Å²) in [6.45, 7) is 0.707. The Hall–Kier alpha value is -3.40. The summed E-state index contributed by atoms with van der Waals surface area (Å²) in [6.07, 6.45) is -4.87. The van der Waals surface area contributed by atoms with Crippen molar-refractivity contribution in [1.29, 1.82) is 0 Å². The van der Waals surface area contributed by atoms with Gasteiger partial charge in [-0.15, -0.1) is 0 Å². The predicted octanol–water partition coefficient (Wildman–Crippen LogP) is 4.03. The lowest BCUT2D eigenvalue weighted by molar-refractivity contribution is -0.258. The number of fused-ring (bicyclic) bond motifs is 1. The Morgan fingerprint density at radius 2 is 1.62 bits per heavy atom. The van der Waals surface area contributed by atoms with E-state index in [2.05, 4.69) is 15.3 Å². The van der Waals surface area contributed by atoms with Gasteiger partial charge in [-0.3, -0.25) is 4.79 Å². The third-order valence-corrected chi connectivity index (χ3v) is 5.33. The fourth-order valence-corrected chi connectivity index (χ4v) is 3.46. The van der Waals surface area contributed by atoms with E-state index < -0.39 is 34.9 Å². The molecule has 32 heavy (non-hydrogen) atoms. The second-order valence-electron chi connectivity index (χ2n) is 7.54. The number of halogens is 5. The van der Waals surface area contributed by atoms with E-state index in [0.717, 1.165) is 24.3 Å². The van der Waals surface area contributed by atoms with Crippen LogP contribution in [0, 0.1) is 11.6 Å². The van der Waals surface area contributed by atoms with Crippen LogP contribution in [0.15, 0.2) is 42.5 Å². The van der Waals surface area contributed by atoms with E-state index >= 15 is 0 Å². The van der Waals surface area contributed by atoms with Crippen LogP contribution in [0.3, 0.4) is 0 Å². The van der Waals surface area contributed by atoms with Crippen LogP contribution in [0.5, 0.6) is 0 Å². The fraction of sp³-hybridized carbons (Fsp3) is 0.227. The van der Waals surface area contributed by atoms with Crippen LogP contribution in [0.2, 0.25) is 0 Å². The van der Waals surface area contributed by atoms with Crippen molar-refractivity contribution in [1.82, 2.24) is 15.3 Å². The van der Waals surface area contributed by atoms with Crippen LogP contribution in [0.25, 0.3) is 11.4 Å². The molecule has 1 aromatic heterocycles. The van der Waals surface area contributed by atoms with Gasteiger partial charge in [-0.1, -0.05) is 30.3 Å². The van der Waals surface area contributed by atoms with Gasteiger partial charge in [-0.2, -0.15) is 13.2 Å². The number of aromatic nitrogens is 2. The van der Waals surface area contributed by atoms with Gasteiger partial charge in [0.15, 0.2) is 11.4 Å². The van der Waals surface area contributed by atoms with Crippen molar-refractivity contribution in [2.75, 3.05) is 0 Å². The van der Waals surface area contributed by atoms with Gasteiger partial charge in [-0.25, -0.2) is 18.7 Å². The third kappa shape index (κ3) is 3.70. The van der Waals surface area contributed by atoms with Crippen molar-refractivity contribution in [2.45, 2.75) is 31.7 Å². The molecule has 4 rings (SSSR count). The van der Waals surface area contributed by atoms with E-state index in [4.69, 9.17) is 0 Å². The quantitative estimate of drug-likeness (QED) is 0.590. The Morgan fingerprint density at radius 3 is 2.22 bits per heavy atom. The summed E-state index contributed by atoms with van der Waals surface area (Å²) >= 11 is 0. The van der Waals surface area contributed by atoms with E-state index in [9.17, 15) is 31.9 Å². The maximum absolute atomic E-state index is 14.3. The first-order chi connectivity index (χ1) is 15.0. The highest BCUT2D eigenvalue weighted by Gasteiger charge is 2.51. The molecular formula is C22H16F5N3O2. The molecule has 0 spiro atoms. The van der Waals surface area contributed by atoms with E-state index in [1.807, 2.05) is 0 Å². The van der Waals surface area contributed by atoms with Gasteiger partial charge in [0.2, 0.25) is 0 Å². The van der Waals surface area contributed by atoms with E-state index in [-0.39, 0.29) is 41.3 Å². The monoisotopic (exact) mass is 449 g/mol. The van der Waals surface area contributed by atoms with E-state index in [0.29, 0.717) is 12.5 Å². The minimum absolute atomic E-state index is 0.00418. The number of carbonyl (C=O) groups is 1. The highest BCUT2D eigenvalue weighted by atomic mass is 19.4. The fourth-order valence-electron chi connectivity index (χ4n) is 3.46. The van der Waals surface area contributed by atoms with Gasteiger partial charge >= 0.3 is 6.18 Å². The summed E-state index contributed by atoms with van der Waals surface area (Å²) in [7, 11) is 0. The Morgan fingerprint density at radius 1 is 1.00 bits per heavy atom. The van der Waals surface area contributed by atoms with Crippen LogP contribution < -0.4 is 5.32 Å². The van der Waals surface area contributed by atoms with Gasteiger partial charge in [0.25, 0.3) is 5.91 Å². The van der Waals surface area contributed by atoms with Crippen molar-refractivity contribution < 1.29 is 31.9 Å². The molecule has 3 aromatic rings. The van der Waals surface area contributed by atoms with E-state index in [1.54, 1.807) is 0 Å². The zero-order valence-corrected chi connectivity index (χ0v) is 16.6. The maximum Gasteiger partial charge on any atom is 0.421 e. The molecule has 0 unspecified atom stereocenters. The molecule has 0 radical (unpaired) electrons. The van der Waals surface area contributed by atoms with Crippen molar-refractivity contribution in [3.63, 3.8) is 0 Å². The summed E-state index contributed by atoms with van der Waals surface area (Å²) in [6, 6.07) is 8.29.